The molecule has 0 N–H and O–H groups in total. The van der Waals surface area contributed by atoms with E-state index < -0.39 is 0 Å². The zero-order chi connectivity index (χ0) is 20.5. The highest BCUT2D eigenvalue weighted by Crippen LogP contribution is 2.36. The topological polar surface area (TPSA) is 80.4 Å². The quantitative estimate of drug-likeness (QED) is 0.592. The van der Waals surface area contributed by atoms with E-state index in [1.807, 2.05) is 19.3 Å². The first-order chi connectivity index (χ1) is 14.7. The molecule has 5 heterocycles. The fraction of sp³-hybridized carbons (Fsp3) is 0.381. The fourth-order valence-corrected chi connectivity index (χ4v) is 4.61. The molecule has 154 valence electrons. The molecule has 3 aromatic rings. The summed E-state index contributed by atoms with van der Waals surface area (Å²) in [5.41, 5.74) is 2.59. The van der Waals surface area contributed by atoms with Gasteiger partial charge in [-0.3, -0.25) is 9.25 Å². The Kier molecular flexibility index (Phi) is 5.12. The second kappa shape index (κ2) is 8.07. The lowest BCUT2D eigenvalue weighted by Crippen LogP contribution is -2.34. The molecular formula is C21H20N4O4S. The number of aromatic nitrogens is 4. The molecule has 0 bridgehead atoms. The van der Waals surface area contributed by atoms with Gasteiger partial charge in [-0.2, -0.15) is 10.1 Å². The van der Waals surface area contributed by atoms with E-state index in [1.54, 1.807) is 26.8 Å². The summed E-state index contributed by atoms with van der Waals surface area (Å²) in [6, 6.07) is 3.93. The molecule has 0 radical (unpaired) electrons. The molecule has 0 aliphatic carbocycles. The third kappa shape index (κ3) is 3.89. The van der Waals surface area contributed by atoms with Gasteiger partial charge in [0.15, 0.2) is 0 Å². The number of hydrogen-bond acceptors (Lipinski definition) is 7. The predicted octanol–water partition coefficient (Wildman–Crippen LogP) is 1.46. The minimum atomic E-state index is -0.301. The largest absolute Gasteiger partial charge is 0.475 e. The van der Waals surface area contributed by atoms with Crippen LogP contribution in [0.5, 0.6) is 5.88 Å². The lowest BCUT2D eigenvalue weighted by molar-refractivity contribution is -0.102. The van der Waals surface area contributed by atoms with E-state index in [-0.39, 0.29) is 11.8 Å². The Morgan fingerprint density at radius 1 is 1.33 bits per heavy atom. The number of fused-ring (bicyclic) bond motifs is 3. The second-order valence-corrected chi connectivity index (χ2v) is 8.21. The molecule has 0 unspecified atom stereocenters. The molecule has 5 rings (SSSR count). The molecule has 0 spiro atoms. The van der Waals surface area contributed by atoms with E-state index in [4.69, 9.17) is 14.2 Å². The zero-order valence-corrected chi connectivity index (χ0v) is 17.3. The van der Waals surface area contributed by atoms with Gasteiger partial charge in [-0.15, -0.1) is 11.3 Å². The number of ether oxygens (including phenoxy) is 3. The Hall–Kier alpha value is -2.93. The maximum atomic E-state index is 12.5. The lowest BCUT2D eigenvalue weighted by Gasteiger charge is -2.23. The van der Waals surface area contributed by atoms with E-state index in [2.05, 4.69) is 28.0 Å². The SMILES string of the molecule is Cn1cc(C#Cc2cc3c(s2)-c2cc(OC[C@@H]4COCCO4)nc(=O)n2CC3)cn1. The molecule has 8 nitrogen and oxygen atoms in total. The molecule has 3 aromatic heterocycles. The first kappa shape index (κ1) is 19.1. The molecule has 1 fully saturated rings. The number of aryl methyl sites for hydroxylation is 2. The number of nitrogens with zero attached hydrogens (tertiary/aromatic N) is 4. The molecule has 0 amide bonds. The second-order valence-electron chi connectivity index (χ2n) is 7.16. The molecule has 9 heteroatoms. The Morgan fingerprint density at radius 2 is 2.27 bits per heavy atom. The minimum Gasteiger partial charge on any atom is -0.475 e. The van der Waals surface area contributed by atoms with Crippen molar-refractivity contribution in [3.63, 3.8) is 0 Å². The maximum absolute atomic E-state index is 12.5. The average molecular weight is 424 g/mol. The average Bonchev–Trinajstić information content (AvgIpc) is 3.37. The predicted molar refractivity (Wildman–Crippen MR) is 111 cm³/mol. The Balaban J connectivity index is 1.41. The summed E-state index contributed by atoms with van der Waals surface area (Å²) in [6.45, 7) is 2.53. The van der Waals surface area contributed by atoms with Gasteiger partial charge in [-0.25, -0.2) is 4.79 Å². The highest BCUT2D eigenvalue weighted by molar-refractivity contribution is 7.16. The van der Waals surface area contributed by atoms with Crippen LogP contribution in [-0.4, -0.2) is 51.9 Å². The van der Waals surface area contributed by atoms with Gasteiger partial charge in [0.05, 0.1) is 47.0 Å². The monoisotopic (exact) mass is 424 g/mol. The lowest BCUT2D eigenvalue weighted by atomic mass is 10.1. The Bertz CT molecular complexity index is 1190. The summed E-state index contributed by atoms with van der Waals surface area (Å²) in [7, 11) is 1.87. The molecule has 1 saturated heterocycles. The summed E-state index contributed by atoms with van der Waals surface area (Å²) in [5, 5.41) is 4.14. The van der Waals surface area contributed by atoms with Crippen LogP contribution < -0.4 is 10.4 Å². The van der Waals surface area contributed by atoms with Crippen LogP contribution in [-0.2, 0) is 29.5 Å². The van der Waals surface area contributed by atoms with Gasteiger partial charge in [0, 0.05) is 25.9 Å². The number of hydrogen-bond donors (Lipinski definition) is 0. The van der Waals surface area contributed by atoms with Crippen LogP contribution in [0.25, 0.3) is 10.6 Å². The number of rotatable bonds is 3. The molecule has 30 heavy (non-hydrogen) atoms. The van der Waals surface area contributed by atoms with Crippen molar-refractivity contribution in [1.82, 2.24) is 19.3 Å². The maximum Gasteiger partial charge on any atom is 0.351 e. The summed E-state index contributed by atoms with van der Waals surface area (Å²) < 4.78 is 20.2. The van der Waals surface area contributed by atoms with Crippen molar-refractivity contribution in [3.8, 4) is 28.3 Å². The van der Waals surface area contributed by atoms with Crippen LogP contribution in [0, 0.1) is 11.8 Å². The van der Waals surface area contributed by atoms with Crippen molar-refractivity contribution in [3.05, 3.63) is 51.0 Å². The van der Waals surface area contributed by atoms with Crippen LogP contribution in [0.4, 0.5) is 0 Å². The van der Waals surface area contributed by atoms with E-state index in [0.29, 0.717) is 38.9 Å². The highest BCUT2D eigenvalue weighted by Gasteiger charge is 2.22. The third-order valence-electron chi connectivity index (χ3n) is 4.97. The third-order valence-corrected chi connectivity index (χ3v) is 6.09. The standard InChI is InChI=1S/C21H20N4O4S/c1-24-11-14(10-22-24)2-3-17-8-15-4-5-25-18(20(15)30-17)9-19(23-21(25)26)29-13-16-12-27-6-7-28-16/h8-11,16H,4-7,12-13H2,1H3/t16-/m0/s1. The van der Waals surface area contributed by atoms with Gasteiger partial charge in [-0.1, -0.05) is 11.8 Å². The first-order valence-electron chi connectivity index (χ1n) is 9.73. The van der Waals surface area contributed by atoms with Crippen LogP contribution in [0.3, 0.4) is 0 Å². The van der Waals surface area contributed by atoms with Gasteiger partial charge >= 0.3 is 5.69 Å². The molecule has 2 aliphatic rings. The molecule has 1 atom stereocenters. The van der Waals surface area contributed by atoms with Gasteiger partial charge in [0.25, 0.3) is 0 Å². The van der Waals surface area contributed by atoms with E-state index in [9.17, 15) is 4.79 Å². The van der Waals surface area contributed by atoms with Crippen LogP contribution in [0.15, 0.2) is 29.3 Å². The Labute approximate surface area is 177 Å². The van der Waals surface area contributed by atoms with Gasteiger partial charge < -0.3 is 14.2 Å². The molecule has 2 aliphatic heterocycles. The summed E-state index contributed by atoms with van der Waals surface area (Å²) in [5.74, 6) is 6.66. The molecule has 0 aromatic carbocycles. The van der Waals surface area contributed by atoms with Crippen LogP contribution in [0.2, 0.25) is 0 Å². The van der Waals surface area contributed by atoms with Crippen molar-refractivity contribution >= 4 is 11.3 Å². The van der Waals surface area contributed by atoms with E-state index >= 15 is 0 Å². The van der Waals surface area contributed by atoms with Crippen LogP contribution >= 0.6 is 11.3 Å². The molecule has 0 saturated carbocycles. The van der Waals surface area contributed by atoms with Gasteiger partial charge in [-0.05, 0) is 18.1 Å². The smallest absolute Gasteiger partial charge is 0.351 e. The normalized spacial score (nSPS) is 17.6. The van der Waals surface area contributed by atoms with E-state index in [0.717, 1.165) is 27.4 Å². The van der Waals surface area contributed by atoms with Crippen molar-refractivity contribution < 1.29 is 14.2 Å². The van der Waals surface area contributed by atoms with Crippen molar-refractivity contribution in [2.75, 3.05) is 26.4 Å². The van der Waals surface area contributed by atoms with E-state index in [1.165, 1.54) is 5.56 Å². The summed E-state index contributed by atoms with van der Waals surface area (Å²) in [4.78, 5) is 18.6. The summed E-state index contributed by atoms with van der Waals surface area (Å²) >= 11 is 1.58. The van der Waals surface area contributed by atoms with Gasteiger partial charge in [0.2, 0.25) is 5.88 Å². The van der Waals surface area contributed by atoms with Crippen LogP contribution in [0.1, 0.15) is 16.0 Å². The summed E-state index contributed by atoms with van der Waals surface area (Å²) in [6.07, 6.45) is 4.26. The van der Waals surface area contributed by atoms with Crippen molar-refractivity contribution in [2.45, 2.75) is 19.1 Å². The fourth-order valence-electron chi connectivity index (χ4n) is 3.52. The van der Waals surface area contributed by atoms with Crippen molar-refractivity contribution in [2.24, 2.45) is 7.05 Å². The highest BCUT2D eigenvalue weighted by atomic mass is 32.1. The van der Waals surface area contributed by atoms with Gasteiger partial charge in [0.1, 0.15) is 12.7 Å². The minimum absolute atomic E-state index is 0.147. The number of thiophene rings is 1. The zero-order valence-electron chi connectivity index (χ0n) is 16.5. The Morgan fingerprint density at radius 3 is 3.07 bits per heavy atom. The first-order valence-corrected chi connectivity index (χ1v) is 10.5. The van der Waals surface area contributed by atoms with Crippen molar-refractivity contribution in [1.29, 1.82) is 0 Å². The molecular weight excluding hydrogens is 404 g/mol.